The molecule has 2 aromatic rings. The minimum Gasteiger partial charge on any atom is -0.478 e. The van der Waals surface area contributed by atoms with Gasteiger partial charge in [-0.2, -0.15) is 0 Å². The first-order valence-electron chi connectivity index (χ1n) is 7.03. The van der Waals surface area contributed by atoms with E-state index in [4.69, 9.17) is 0 Å². The number of hydrogen-bond donors (Lipinski definition) is 1. The van der Waals surface area contributed by atoms with Crippen LogP contribution >= 0.6 is 0 Å². The van der Waals surface area contributed by atoms with E-state index in [1.54, 1.807) is 12.1 Å². The Kier molecular flexibility index (Phi) is 3.22. The van der Waals surface area contributed by atoms with Crippen LogP contribution in [0.5, 0.6) is 0 Å². The molecule has 1 aliphatic heterocycles. The fourth-order valence-electron chi connectivity index (χ4n) is 3.13. The van der Waals surface area contributed by atoms with Gasteiger partial charge in [0.2, 0.25) is 0 Å². The van der Waals surface area contributed by atoms with Gasteiger partial charge in [-0.3, -0.25) is 0 Å². The molecular formula is C15H19N3O2. The van der Waals surface area contributed by atoms with E-state index >= 15 is 0 Å². The number of hydrogen-bond acceptors (Lipinski definition) is 3. The molecule has 0 spiro atoms. The molecule has 1 aromatic heterocycles. The first kappa shape index (κ1) is 13.1. The van der Waals surface area contributed by atoms with Crippen LogP contribution in [0.1, 0.15) is 35.6 Å². The molecule has 5 heteroatoms. The third-order valence-electron chi connectivity index (χ3n) is 4.06. The number of aromatic nitrogens is 2. The van der Waals surface area contributed by atoms with Crippen molar-refractivity contribution in [2.75, 3.05) is 20.1 Å². The van der Waals surface area contributed by atoms with Crippen molar-refractivity contribution in [1.29, 1.82) is 0 Å². The van der Waals surface area contributed by atoms with Gasteiger partial charge >= 0.3 is 5.97 Å². The van der Waals surface area contributed by atoms with Crippen LogP contribution < -0.4 is 0 Å². The van der Waals surface area contributed by atoms with E-state index in [9.17, 15) is 9.90 Å². The van der Waals surface area contributed by atoms with Gasteiger partial charge in [0.1, 0.15) is 5.82 Å². The molecule has 0 saturated carbocycles. The van der Waals surface area contributed by atoms with Crippen molar-refractivity contribution in [2.24, 2.45) is 0 Å². The monoisotopic (exact) mass is 273 g/mol. The van der Waals surface area contributed by atoms with Crippen molar-refractivity contribution in [1.82, 2.24) is 14.5 Å². The van der Waals surface area contributed by atoms with Gasteiger partial charge in [-0.1, -0.05) is 13.0 Å². The molecule has 20 heavy (non-hydrogen) atoms. The zero-order valence-electron chi connectivity index (χ0n) is 11.8. The van der Waals surface area contributed by atoms with Gasteiger partial charge in [-0.25, -0.2) is 9.78 Å². The molecule has 1 N–H and O–H groups in total. The number of carboxylic acid groups (broad SMARTS) is 1. The van der Waals surface area contributed by atoms with Crippen molar-refractivity contribution >= 4 is 17.0 Å². The summed E-state index contributed by atoms with van der Waals surface area (Å²) < 4.78 is 2.16. The van der Waals surface area contributed by atoms with Crippen LogP contribution in [-0.2, 0) is 6.42 Å². The fourth-order valence-corrected chi connectivity index (χ4v) is 3.13. The second kappa shape index (κ2) is 4.90. The Morgan fingerprint density at radius 2 is 2.30 bits per heavy atom. The minimum atomic E-state index is -0.884. The highest BCUT2D eigenvalue weighted by Crippen LogP contribution is 2.29. The molecule has 5 nitrogen and oxygen atoms in total. The molecule has 2 heterocycles. The molecule has 1 aliphatic rings. The van der Waals surface area contributed by atoms with E-state index in [1.807, 2.05) is 6.07 Å². The summed E-state index contributed by atoms with van der Waals surface area (Å²) in [4.78, 5) is 18.4. The number of likely N-dealkylation sites (tertiary alicyclic amines) is 1. The Labute approximate surface area is 117 Å². The van der Waals surface area contributed by atoms with Gasteiger partial charge in [0.15, 0.2) is 0 Å². The number of likely N-dealkylation sites (N-methyl/N-ethyl adjacent to an activating group) is 1. The fraction of sp³-hybridized carbons (Fsp3) is 0.467. The number of fused-ring (bicyclic) bond motifs is 1. The van der Waals surface area contributed by atoms with E-state index in [-0.39, 0.29) is 0 Å². The Morgan fingerprint density at radius 3 is 2.90 bits per heavy atom. The summed E-state index contributed by atoms with van der Waals surface area (Å²) in [6, 6.07) is 5.65. The highest BCUT2D eigenvalue weighted by molar-refractivity contribution is 6.01. The summed E-state index contributed by atoms with van der Waals surface area (Å²) in [5.74, 6) is 0.0970. The Bertz CT molecular complexity index is 662. The second-order valence-corrected chi connectivity index (χ2v) is 5.43. The Hall–Kier alpha value is -1.88. The average molecular weight is 273 g/mol. The third kappa shape index (κ3) is 1.98. The van der Waals surface area contributed by atoms with Crippen molar-refractivity contribution in [3.05, 3.63) is 29.6 Å². The van der Waals surface area contributed by atoms with Crippen LogP contribution in [0, 0.1) is 0 Å². The molecule has 1 atom stereocenters. The van der Waals surface area contributed by atoms with E-state index in [2.05, 4.69) is 28.4 Å². The summed E-state index contributed by atoms with van der Waals surface area (Å²) in [5, 5.41) is 9.43. The van der Waals surface area contributed by atoms with Gasteiger partial charge in [0.05, 0.1) is 16.6 Å². The maximum atomic E-state index is 11.5. The Morgan fingerprint density at radius 1 is 1.50 bits per heavy atom. The lowest BCUT2D eigenvalue weighted by Crippen LogP contribution is -2.18. The molecule has 0 radical (unpaired) electrons. The van der Waals surface area contributed by atoms with E-state index < -0.39 is 5.97 Å². The van der Waals surface area contributed by atoms with Crippen LogP contribution in [0.3, 0.4) is 0 Å². The van der Waals surface area contributed by atoms with Gasteiger partial charge in [0.25, 0.3) is 0 Å². The average Bonchev–Trinajstić information content (AvgIpc) is 3.00. The first-order valence-corrected chi connectivity index (χ1v) is 7.03. The summed E-state index contributed by atoms with van der Waals surface area (Å²) >= 11 is 0. The van der Waals surface area contributed by atoms with Crippen LogP contribution in [0.15, 0.2) is 18.2 Å². The van der Waals surface area contributed by atoms with Crippen molar-refractivity contribution in [2.45, 2.75) is 25.8 Å². The smallest absolute Gasteiger partial charge is 0.337 e. The SMILES string of the molecule is CCc1nc2cccc(C(=O)O)c2n1C1CCN(C)C1. The van der Waals surface area contributed by atoms with Crippen LogP contribution in [0.4, 0.5) is 0 Å². The van der Waals surface area contributed by atoms with E-state index in [1.165, 1.54) is 0 Å². The summed E-state index contributed by atoms with van der Waals surface area (Å²) in [6.07, 6.45) is 1.86. The quantitative estimate of drug-likeness (QED) is 0.931. The normalized spacial score (nSPS) is 19.8. The molecule has 106 valence electrons. The van der Waals surface area contributed by atoms with E-state index in [0.717, 1.165) is 42.8 Å². The number of carboxylic acids is 1. The van der Waals surface area contributed by atoms with Crippen molar-refractivity contribution < 1.29 is 9.90 Å². The molecule has 1 unspecified atom stereocenters. The number of para-hydroxylation sites is 1. The van der Waals surface area contributed by atoms with Crippen molar-refractivity contribution in [3.63, 3.8) is 0 Å². The molecule has 0 aliphatic carbocycles. The standard InChI is InChI=1S/C15H19N3O2/c1-3-13-16-12-6-4-5-11(15(19)20)14(12)18(13)10-7-8-17(2)9-10/h4-6,10H,3,7-9H2,1-2H3,(H,19,20). The zero-order chi connectivity index (χ0) is 14.3. The van der Waals surface area contributed by atoms with E-state index in [0.29, 0.717) is 11.6 Å². The van der Waals surface area contributed by atoms with Gasteiger partial charge in [-0.15, -0.1) is 0 Å². The largest absolute Gasteiger partial charge is 0.478 e. The van der Waals surface area contributed by atoms with Gasteiger partial charge in [-0.05, 0) is 32.1 Å². The maximum Gasteiger partial charge on any atom is 0.337 e. The third-order valence-corrected chi connectivity index (χ3v) is 4.06. The molecule has 0 bridgehead atoms. The number of aryl methyl sites for hydroxylation is 1. The lowest BCUT2D eigenvalue weighted by molar-refractivity contribution is 0.0698. The maximum absolute atomic E-state index is 11.5. The van der Waals surface area contributed by atoms with Crippen LogP contribution in [-0.4, -0.2) is 45.7 Å². The van der Waals surface area contributed by atoms with Crippen molar-refractivity contribution in [3.8, 4) is 0 Å². The number of benzene rings is 1. The number of carbonyl (C=O) groups is 1. The molecule has 1 aromatic carbocycles. The van der Waals surface area contributed by atoms with Gasteiger partial charge in [0, 0.05) is 19.0 Å². The molecule has 1 fully saturated rings. The number of imidazole rings is 1. The number of aromatic carboxylic acids is 1. The molecule has 3 rings (SSSR count). The van der Waals surface area contributed by atoms with Crippen LogP contribution in [0.2, 0.25) is 0 Å². The summed E-state index contributed by atoms with van der Waals surface area (Å²) in [5.41, 5.74) is 1.91. The molecular weight excluding hydrogens is 254 g/mol. The van der Waals surface area contributed by atoms with Crippen LogP contribution in [0.25, 0.3) is 11.0 Å². The highest BCUT2D eigenvalue weighted by Gasteiger charge is 2.26. The predicted octanol–water partition coefficient (Wildman–Crippen LogP) is 2.17. The molecule has 1 saturated heterocycles. The number of rotatable bonds is 3. The predicted molar refractivity (Wildman–Crippen MR) is 77.2 cm³/mol. The van der Waals surface area contributed by atoms with Gasteiger partial charge < -0.3 is 14.6 Å². The minimum absolute atomic E-state index is 0.320. The zero-order valence-corrected chi connectivity index (χ0v) is 11.8. The topological polar surface area (TPSA) is 58.4 Å². The lowest BCUT2D eigenvalue weighted by Gasteiger charge is -2.17. The first-order chi connectivity index (χ1) is 9.61. The second-order valence-electron chi connectivity index (χ2n) is 5.43. The highest BCUT2D eigenvalue weighted by atomic mass is 16.4. The Balaban J connectivity index is 2.24. The summed E-state index contributed by atoms with van der Waals surface area (Å²) in [6.45, 7) is 4.06. The summed E-state index contributed by atoms with van der Waals surface area (Å²) in [7, 11) is 2.10. The lowest BCUT2D eigenvalue weighted by atomic mass is 10.1. The molecule has 0 amide bonds. The number of nitrogens with zero attached hydrogens (tertiary/aromatic N) is 3.